The molecule has 0 aliphatic carbocycles. The number of rotatable bonds is 4. The van der Waals surface area contributed by atoms with E-state index in [4.69, 9.17) is 11.6 Å². The Balaban J connectivity index is 1.79. The molecule has 6 heteroatoms. The smallest absolute Gasteiger partial charge is 0.181 e. The highest BCUT2D eigenvalue weighted by atomic mass is 35.5. The van der Waals surface area contributed by atoms with Crippen LogP contribution in [-0.2, 0) is 6.54 Å². The number of anilines is 1. The minimum atomic E-state index is -0.319. The van der Waals surface area contributed by atoms with Gasteiger partial charge in [0.15, 0.2) is 5.82 Å². The minimum Gasteiger partial charge on any atom is -0.381 e. The molecule has 112 valence electrons. The number of hydrogen-bond acceptors (Lipinski definition) is 3. The Morgan fingerprint density at radius 3 is 2.77 bits per heavy atom. The molecule has 0 saturated carbocycles. The van der Waals surface area contributed by atoms with Gasteiger partial charge in [-0.1, -0.05) is 29.8 Å². The fourth-order valence-electron chi connectivity index (χ4n) is 2.13. The van der Waals surface area contributed by atoms with Crippen molar-refractivity contribution < 1.29 is 4.39 Å². The van der Waals surface area contributed by atoms with Crippen molar-refractivity contribution in [2.75, 3.05) is 5.32 Å². The SMILES string of the molecule is Cc1nc(-c2cccc(NCc3c(F)cccc3Cl)c2)n[nH]1. The largest absolute Gasteiger partial charge is 0.381 e. The van der Waals surface area contributed by atoms with Crippen LogP contribution in [0.5, 0.6) is 0 Å². The molecule has 4 nitrogen and oxygen atoms in total. The number of H-pyrrole nitrogens is 1. The summed E-state index contributed by atoms with van der Waals surface area (Å²) in [7, 11) is 0. The van der Waals surface area contributed by atoms with Crippen LogP contribution in [0.3, 0.4) is 0 Å². The Kier molecular flexibility index (Phi) is 4.06. The number of hydrogen-bond donors (Lipinski definition) is 2. The molecular formula is C16H14ClFN4. The molecule has 1 heterocycles. The average Bonchev–Trinajstić information content (AvgIpc) is 2.94. The number of aryl methyl sites for hydroxylation is 1. The summed E-state index contributed by atoms with van der Waals surface area (Å²) < 4.78 is 13.8. The van der Waals surface area contributed by atoms with Crippen LogP contribution >= 0.6 is 11.6 Å². The van der Waals surface area contributed by atoms with Gasteiger partial charge in [-0.25, -0.2) is 9.37 Å². The van der Waals surface area contributed by atoms with E-state index in [-0.39, 0.29) is 5.82 Å². The zero-order valence-corrected chi connectivity index (χ0v) is 12.7. The summed E-state index contributed by atoms with van der Waals surface area (Å²) in [4.78, 5) is 4.29. The van der Waals surface area contributed by atoms with Crippen LogP contribution < -0.4 is 5.32 Å². The van der Waals surface area contributed by atoms with E-state index < -0.39 is 0 Å². The van der Waals surface area contributed by atoms with Gasteiger partial charge >= 0.3 is 0 Å². The average molecular weight is 317 g/mol. The van der Waals surface area contributed by atoms with Crippen LogP contribution in [0.4, 0.5) is 10.1 Å². The summed E-state index contributed by atoms with van der Waals surface area (Å²) in [5.41, 5.74) is 2.18. The van der Waals surface area contributed by atoms with Crippen molar-refractivity contribution in [2.24, 2.45) is 0 Å². The summed E-state index contributed by atoms with van der Waals surface area (Å²) >= 11 is 6.02. The van der Waals surface area contributed by atoms with Crippen molar-refractivity contribution in [3.8, 4) is 11.4 Å². The third kappa shape index (κ3) is 3.09. The zero-order valence-electron chi connectivity index (χ0n) is 11.9. The number of halogens is 2. The highest BCUT2D eigenvalue weighted by Gasteiger charge is 2.08. The summed E-state index contributed by atoms with van der Waals surface area (Å²) in [6.07, 6.45) is 0. The molecule has 0 unspecified atom stereocenters. The lowest BCUT2D eigenvalue weighted by atomic mass is 10.1. The molecule has 0 saturated heterocycles. The van der Waals surface area contributed by atoms with E-state index in [1.54, 1.807) is 12.1 Å². The molecule has 3 rings (SSSR count). The Morgan fingerprint density at radius 2 is 2.05 bits per heavy atom. The first-order chi connectivity index (χ1) is 10.6. The first kappa shape index (κ1) is 14.5. The molecule has 0 spiro atoms. The highest BCUT2D eigenvalue weighted by molar-refractivity contribution is 6.31. The van der Waals surface area contributed by atoms with Crippen molar-refractivity contribution in [1.29, 1.82) is 0 Å². The summed E-state index contributed by atoms with van der Waals surface area (Å²) in [5, 5.41) is 10.5. The van der Waals surface area contributed by atoms with E-state index in [1.807, 2.05) is 31.2 Å². The van der Waals surface area contributed by atoms with Gasteiger partial charge in [-0.05, 0) is 31.2 Å². The predicted molar refractivity (Wildman–Crippen MR) is 85.3 cm³/mol. The van der Waals surface area contributed by atoms with Gasteiger partial charge in [0.25, 0.3) is 0 Å². The fourth-order valence-corrected chi connectivity index (χ4v) is 2.36. The summed E-state index contributed by atoms with van der Waals surface area (Å²) in [6.45, 7) is 2.15. The maximum Gasteiger partial charge on any atom is 0.181 e. The number of nitrogens with zero attached hydrogens (tertiary/aromatic N) is 2. The molecule has 0 fully saturated rings. The predicted octanol–water partition coefficient (Wildman–Crippen LogP) is 4.18. The van der Waals surface area contributed by atoms with Gasteiger partial charge in [-0.15, -0.1) is 0 Å². The molecule has 22 heavy (non-hydrogen) atoms. The molecule has 1 aromatic heterocycles. The monoisotopic (exact) mass is 316 g/mol. The van der Waals surface area contributed by atoms with Crippen LogP contribution in [0.2, 0.25) is 5.02 Å². The molecule has 0 bridgehead atoms. The van der Waals surface area contributed by atoms with Gasteiger partial charge < -0.3 is 5.32 Å². The number of aromatic nitrogens is 3. The number of nitrogens with one attached hydrogen (secondary N) is 2. The molecular weight excluding hydrogens is 303 g/mol. The first-order valence-electron chi connectivity index (χ1n) is 6.79. The lowest BCUT2D eigenvalue weighted by molar-refractivity contribution is 0.613. The Morgan fingerprint density at radius 1 is 1.23 bits per heavy atom. The molecule has 2 N–H and O–H groups in total. The Bertz CT molecular complexity index is 780. The standard InChI is InChI=1S/C16H14ClFN4/c1-10-20-16(22-21-10)11-4-2-5-12(8-11)19-9-13-14(17)6-3-7-15(13)18/h2-8,19H,9H2,1H3,(H,20,21,22). The lowest BCUT2D eigenvalue weighted by Crippen LogP contribution is -2.02. The normalized spacial score (nSPS) is 10.7. The van der Waals surface area contributed by atoms with Gasteiger partial charge in [0.2, 0.25) is 0 Å². The zero-order chi connectivity index (χ0) is 15.5. The maximum atomic E-state index is 13.8. The Hall–Kier alpha value is -2.40. The van der Waals surface area contributed by atoms with E-state index in [2.05, 4.69) is 20.5 Å². The molecule has 0 atom stereocenters. The third-order valence-corrected chi connectivity index (χ3v) is 3.60. The molecule has 0 radical (unpaired) electrons. The maximum absolute atomic E-state index is 13.8. The summed E-state index contributed by atoms with van der Waals surface area (Å²) in [5.74, 6) is 1.07. The van der Waals surface area contributed by atoms with Crippen LogP contribution in [-0.4, -0.2) is 15.2 Å². The molecule has 0 aliphatic heterocycles. The molecule has 0 amide bonds. The van der Waals surface area contributed by atoms with Crippen molar-refractivity contribution in [3.05, 3.63) is 64.7 Å². The van der Waals surface area contributed by atoms with Gasteiger partial charge in [0.05, 0.1) is 0 Å². The summed E-state index contributed by atoms with van der Waals surface area (Å²) in [6, 6.07) is 12.3. The van der Waals surface area contributed by atoms with Gasteiger partial charge in [-0.2, -0.15) is 5.10 Å². The van der Waals surface area contributed by atoms with Gasteiger partial charge in [0.1, 0.15) is 11.6 Å². The van der Waals surface area contributed by atoms with Crippen molar-refractivity contribution in [1.82, 2.24) is 15.2 Å². The second-order valence-corrected chi connectivity index (χ2v) is 5.29. The van der Waals surface area contributed by atoms with Gasteiger partial charge in [0, 0.05) is 28.4 Å². The van der Waals surface area contributed by atoms with Gasteiger partial charge in [-0.3, -0.25) is 5.10 Å². The van der Waals surface area contributed by atoms with E-state index in [0.717, 1.165) is 17.1 Å². The number of benzene rings is 2. The molecule has 2 aromatic carbocycles. The van der Waals surface area contributed by atoms with Crippen molar-refractivity contribution in [2.45, 2.75) is 13.5 Å². The second-order valence-electron chi connectivity index (χ2n) is 4.88. The topological polar surface area (TPSA) is 53.6 Å². The Labute approximate surface area is 132 Å². The van der Waals surface area contributed by atoms with Crippen molar-refractivity contribution in [3.63, 3.8) is 0 Å². The highest BCUT2D eigenvalue weighted by Crippen LogP contribution is 2.23. The minimum absolute atomic E-state index is 0.308. The third-order valence-electron chi connectivity index (χ3n) is 3.25. The van der Waals surface area contributed by atoms with E-state index in [0.29, 0.717) is 23.0 Å². The van der Waals surface area contributed by atoms with Crippen LogP contribution in [0.1, 0.15) is 11.4 Å². The van der Waals surface area contributed by atoms with E-state index >= 15 is 0 Å². The molecule has 0 aliphatic rings. The number of aromatic amines is 1. The van der Waals surface area contributed by atoms with Crippen LogP contribution in [0.15, 0.2) is 42.5 Å². The van der Waals surface area contributed by atoms with Crippen LogP contribution in [0, 0.1) is 12.7 Å². The van der Waals surface area contributed by atoms with Crippen LogP contribution in [0.25, 0.3) is 11.4 Å². The fraction of sp³-hybridized carbons (Fsp3) is 0.125. The van der Waals surface area contributed by atoms with E-state index in [1.165, 1.54) is 6.07 Å². The second kappa shape index (κ2) is 6.15. The first-order valence-corrected chi connectivity index (χ1v) is 7.17. The molecule has 3 aromatic rings. The van der Waals surface area contributed by atoms with Crippen molar-refractivity contribution >= 4 is 17.3 Å². The lowest BCUT2D eigenvalue weighted by Gasteiger charge is -2.09. The van der Waals surface area contributed by atoms with E-state index in [9.17, 15) is 4.39 Å². The quantitative estimate of drug-likeness (QED) is 0.759.